The Morgan fingerprint density at radius 2 is 1.79 bits per heavy atom. The highest BCUT2D eigenvalue weighted by Gasteiger charge is 2.47. The molecule has 28 heavy (non-hydrogen) atoms. The zero-order chi connectivity index (χ0) is 18.7. The Kier molecular flexibility index (Phi) is 7.37. The van der Waals surface area contributed by atoms with Crippen LogP contribution >= 0.6 is 12.4 Å². The summed E-state index contributed by atoms with van der Waals surface area (Å²) in [5.41, 5.74) is 2.57. The Balaban J connectivity index is 0.00000225. The maximum absolute atomic E-state index is 12.4. The summed E-state index contributed by atoms with van der Waals surface area (Å²) in [4.78, 5) is 12.4. The molecule has 3 heterocycles. The van der Waals surface area contributed by atoms with Gasteiger partial charge in [0.25, 0.3) is 0 Å². The zero-order valence-electron chi connectivity index (χ0n) is 17.1. The van der Waals surface area contributed by atoms with Gasteiger partial charge < -0.3 is 16.0 Å². The lowest BCUT2D eigenvalue weighted by atomic mass is 10.0. The molecule has 3 aliphatic heterocycles. The number of halogens is 1. The topological polar surface area (TPSA) is 53.2 Å². The molecule has 0 bridgehead atoms. The highest BCUT2D eigenvalue weighted by atomic mass is 35.5. The van der Waals surface area contributed by atoms with Crippen LogP contribution in [0, 0.1) is 0 Å². The summed E-state index contributed by atoms with van der Waals surface area (Å²) in [6.07, 6.45) is 6.47. The maximum Gasteiger partial charge on any atom is 0.224 e. The fraction of sp³-hybridized carbons (Fsp3) is 0.682. The second-order valence-electron chi connectivity index (χ2n) is 8.73. The van der Waals surface area contributed by atoms with Crippen molar-refractivity contribution >= 4 is 24.0 Å². The summed E-state index contributed by atoms with van der Waals surface area (Å²) < 4.78 is 1.13. The summed E-state index contributed by atoms with van der Waals surface area (Å²) in [7, 11) is 0. The number of hydrogen-bond donors (Lipinski definition) is 3. The fourth-order valence-corrected chi connectivity index (χ4v) is 5.59. The Hall–Kier alpha value is -1.14. The van der Waals surface area contributed by atoms with Gasteiger partial charge >= 0.3 is 0 Å². The standard InChI is InChI=1S/C22H34N4O.ClH/c1-17-3-2-14-26(17,21-10-13-24-16-21)20-6-4-18(5-7-20)15-22(27)25-19-8-11-23-12-9-19;/h4-7,17,19,21,23-24H,2-3,8-16H2,1H3;1H/p+1/t17-,21-,26?;/m0./s1. The number of quaternary nitrogens is 1. The second kappa shape index (κ2) is 9.57. The Morgan fingerprint density at radius 1 is 1.07 bits per heavy atom. The second-order valence-corrected chi connectivity index (χ2v) is 8.73. The molecule has 0 aliphatic carbocycles. The SMILES string of the molecule is C[C@H]1CCC[N+]1(c1ccc(CC(=O)NC2CCNCC2)cc1)[C@H]1CCNC1.Cl. The minimum absolute atomic E-state index is 0. The number of hydrogen-bond acceptors (Lipinski definition) is 3. The first kappa shape index (κ1) is 21.6. The minimum Gasteiger partial charge on any atom is -0.353 e. The first-order chi connectivity index (χ1) is 13.2. The Labute approximate surface area is 175 Å². The molecule has 156 valence electrons. The van der Waals surface area contributed by atoms with Crippen molar-refractivity contribution in [3.8, 4) is 0 Å². The van der Waals surface area contributed by atoms with Crippen molar-refractivity contribution < 1.29 is 4.79 Å². The van der Waals surface area contributed by atoms with E-state index in [1.165, 1.54) is 31.5 Å². The van der Waals surface area contributed by atoms with Crippen LogP contribution in [-0.2, 0) is 11.2 Å². The molecular weight excluding hydrogens is 372 g/mol. The van der Waals surface area contributed by atoms with Crippen LogP contribution < -0.4 is 20.4 Å². The number of carbonyl (C=O) groups is 1. The van der Waals surface area contributed by atoms with Crippen molar-refractivity contribution in [2.75, 3.05) is 32.7 Å². The van der Waals surface area contributed by atoms with Gasteiger partial charge in [-0.2, -0.15) is 0 Å². The van der Waals surface area contributed by atoms with Gasteiger partial charge in [0.2, 0.25) is 5.91 Å². The minimum atomic E-state index is 0. The van der Waals surface area contributed by atoms with Crippen LogP contribution in [0.4, 0.5) is 5.69 Å². The van der Waals surface area contributed by atoms with E-state index in [1.54, 1.807) is 0 Å². The summed E-state index contributed by atoms with van der Waals surface area (Å²) in [6.45, 7) is 7.97. The largest absolute Gasteiger partial charge is 0.353 e. The molecule has 1 unspecified atom stereocenters. The first-order valence-corrected chi connectivity index (χ1v) is 10.9. The molecule has 3 atom stereocenters. The molecule has 0 saturated carbocycles. The van der Waals surface area contributed by atoms with Crippen molar-refractivity contribution in [1.29, 1.82) is 0 Å². The van der Waals surface area contributed by atoms with E-state index in [9.17, 15) is 4.79 Å². The van der Waals surface area contributed by atoms with E-state index >= 15 is 0 Å². The molecular formula is C22H36ClN4O+. The smallest absolute Gasteiger partial charge is 0.224 e. The lowest BCUT2D eigenvalue weighted by Gasteiger charge is -2.43. The van der Waals surface area contributed by atoms with Crippen molar-refractivity contribution in [1.82, 2.24) is 20.4 Å². The van der Waals surface area contributed by atoms with Gasteiger partial charge in [-0.05, 0) is 50.6 Å². The van der Waals surface area contributed by atoms with Gasteiger partial charge in [-0.1, -0.05) is 12.1 Å². The van der Waals surface area contributed by atoms with Gasteiger partial charge in [-0.3, -0.25) is 9.28 Å². The van der Waals surface area contributed by atoms with Crippen LogP contribution in [0.3, 0.4) is 0 Å². The monoisotopic (exact) mass is 407 g/mol. The van der Waals surface area contributed by atoms with Crippen LogP contribution in [0.5, 0.6) is 0 Å². The van der Waals surface area contributed by atoms with Crippen LogP contribution in [-0.4, -0.2) is 56.8 Å². The van der Waals surface area contributed by atoms with Gasteiger partial charge in [-0.15, -0.1) is 12.4 Å². The Morgan fingerprint density at radius 3 is 2.39 bits per heavy atom. The maximum atomic E-state index is 12.4. The molecule has 3 fully saturated rings. The number of carbonyl (C=O) groups excluding carboxylic acids is 1. The summed E-state index contributed by atoms with van der Waals surface area (Å²) >= 11 is 0. The molecule has 3 aliphatic rings. The number of piperidine rings is 1. The van der Waals surface area contributed by atoms with Crippen molar-refractivity contribution in [2.45, 2.75) is 63.6 Å². The molecule has 0 aromatic heterocycles. The van der Waals surface area contributed by atoms with Gasteiger partial charge in [0.15, 0.2) is 0 Å². The van der Waals surface area contributed by atoms with E-state index in [4.69, 9.17) is 0 Å². The van der Waals surface area contributed by atoms with E-state index in [1.807, 2.05) is 0 Å². The highest BCUT2D eigenvalue weighted by Crippen LogP contribution is 2.39. The molecule has 1 amide bonds. The number of rotatable bonds is 5. The van der Waals surface area contributed by atoms with E-state index in [-0.39, 0.29) is 18.3 Å². The average molecular weight is 408 g/mol. The van der Waals surface area contributed by atoms with Crippen LogP contribution in [0.15, 0.2) is 24.3 Å². The number of benzene rings is 1. The van der Waals surface area contributed by atoms with Crippen LogP contribution in [0.2, 0.25) is 0 Å². The third-order valence-corrected chi connectivity index (χ3v) is 7.11. The molecule has 3 saturated heterocycles. The van der Waals surface area contributed by atoms with E-state index in [0.29, 0.717) is 24.5 Å². The quantitative estimate of drug-likeness (QED) is 0.657. The van der Waals surface area contributed by atoms with Crippen molar-refractivity contribution in [3.63, 3.8) is 0 Å². The normalized spacial score (nSPS) is 30.8. The van der Waals surface area contributed by atoms with Crippen molar-refractivity contribution in [3.05, 3.63) is 29.8 Å². The molecule has 0 radical (unpaired) electrons. The molecule has 1 aromatic carbocycles. The number of nitrogens with one attached hydrogen (secondary N) is 3. The molecule has 6 heteroatoms. The van der Waals surface area contributed by atoms with Gasteiger partial charge in [-0.25, -0.2) is 0 Å². The lowest BCUT2D eigenvalue weighted by Crippen LogP contribution is -2.59. The van der Waals surface area contributed by atoms with E-state index in [0.717, 1.165) is 49.1 Å². The molecule has 5 nitrogen and oxygen atoms in total. The Bertz CT molecular complexity index is 640. The first-order valence-electron chi connectivity index (χ1n) is 10.9. The third kappa shape index (κ3) is 4.38. The van der Waals surface area contributed by atoms with E-state index in [2.05, 4.69) is 47.1 Å². The molecule has 0 spiro atoms. The number of nitrogens with zero attached hydrogens (tertiary/aromatic N) is 1. The number of amides is 1. The summed E-state index contributed by atoms with van der Waals surface area (Å²) in [6, 6.07) is 10.7. The zero-order valence-corrected chi connectivity index (χ0v) is 17.9. The molecule has 1 aromatic rings. The summed E-state index contributed by atoms with van der Waals surface area (Å²) in [5, 5.41) is 10.1. The van der Waals surface area contributed by atoms with Crippen molar-refractivity contribution in [2.24, 2.45) is 0 Å². The predicted octanol–water partition coefficient (Wildman–Crippen LogP) is 2.37. The van der Waals surface area contributed by atoms with E-state index < -0.39 is 0 Å². The highest BCUT2D eigenvalue weighted by molar-refractivity contribution is 5.85. The average Bonchev–Trinajstić information content (AvgIpc) is 3.33. The molecule has 3 N–H and O–H groups in total. The summed E-state index contributed by atoms with van der Waals surface area (Å²) in [5.74, 6) is 0.160. The number of likely N-dealkylation sites (tertiary alicyclic amines) is 1. The third-order valence-electron chi connectivity index (χ3n) is 7.11. The van der Waals surface area contributed by atoms with Gasteiger partial charge in [0, 0.05) is 38.4 Å². The van der Waals surface area contributed by atoms with Crippen LogP contribution in [0.25, 0.3) is 0 Å². The molecule has 4 rings (SSSR count). The van der Waals surface area contributed by atoms with Gasteiger partial charge in [0.1, 0.15) is 11.7 Å². The lowest BCUT2D eigenvalue weighted by molar-refractivity contribution is -0.121. The fourth-order valence-electron chi connectivity index (χ4n) is 5.59. The van der Waals surface area contributed by atoms with Crippen LogP contribution in [0.1, 0.15) is 44.6 Å². The predicted molar refractivity (Wildman–Crippen MR) is 118 cm³/mol. The van der Waals surface area contributed by atoms with Gasteiger partial charge in [0.05, 0.1) is 19.0 Å².